The number of carbonyl (C=O) groups is 5. The molecule has 0 unspecified atom stereocenters. The number of phenolic OH excluding ortho intramolecular Hbond substituents is 1. The summed E-state index contributed by atoms with van der Waals surface area (Å²) in [4.78, 5) is 121. The Balaban J connectivity index is 0.000000112. The fraction of sp³-hybridized carbons (Fsp3) is 0.376. The van der Waals surface area contributed by atoms with Crippen molar-refractivity contribution < 1.29 is 57.5 Å². The summed E-state index contributed by atoms with van der Waals surface area (Å²) in [5.74, 6) is 6.30. The molecule has 0 spiro atoms. The number of carbonyl (C=O) groups excluding carboxylic acids is 5. The lowest BCUT2D eigenvalue weighted by Gasteiger charge is -2.35. The number of cyclic esters (lactones) is 1. The first-order chi connectivity index (χ1) is 62.7. The molecular formula is C93H97N19O12S4. The van der Waals surface area contributed by atoms with E-state index < -0.39 is 6.10 Å². The highest BCUT2D eigenvalue weighted by Crippen LogP contribution is 2.41. The molecule has 9 aliphatic heterocycles. The van der Waals surface area contributed by atoms with Gasteiger partial charge in [-0.05, 0) is 88.6 Å². The number of H-pyrrole nitrogens is 1. The molecule has 13 aromatic rings. The number of thiophene rings is 4. The van der Waals surface area contributed by atoms with Gasteiger partial charge in [-0.25, -0.2) is 39.9 Å². The monoisotopic (exact) mass is 1800 g/mol. The van der Waals surface area contributed by atoms with E-state index in [-0.39, 0.29) is 47.4 Å². The smallest absolute Gasteiger partial charge is 0.323 e. The van der Waals surface area contributed by atoms with Crippen LogP contribution in [0.3, 0.4) is 0 Å². The number of allylic oxidation sites excluding steroid dienone is 1. The molecule has 2 N–H and O–H groups in total. The molecule has 31 nitrogen and oxygen atoms in total. The molecule has 9 fully saturated rings. The number of hydrogen-bond acceptors (Lipinski definition) is 32. The second-order valence-electron chi connectivity index (χ2n) is 32.6. The van der Waals surface area contributed by atoms with Gasteiger partial charge in [0.05, 0.1) is 105 Å². The highest BCUT2D eigenvalue weighted by atomic mass is 32.1. The highest BCUT2D eigenvalue weighted by molar-refractivity contribution is 7.20. The van der Waals surface area contributed by atoms with Gasteiger partial charge in [-0.2, -0.15) is 5.10 Å². The molecule has 660 valence electrons. The van der Waals surface area contributed by atoms with Crippen LogP contribution in [0.4, 0.5) is 23.3 Å². The van der Waals surface area contributed by atoms with Crippen molar-refractivity contribution in [1.82, 2.24) is 74.6 Å². The summed E-state index contributed by atoms with van der Waals surface area (Å²) in [6, 6.07) is 37.8. The van der Waals surface area contributed by atoms with Crippen molar-refractivity contribution in [2.45, 2.75) is 63.6 Å². The van der Waals surface area contributed by atoms with Crippen LogP contribution in [0.1, 0.15) is 40.1 Å². The van der Waals surface area contributed by atoms with E-state index in [4.69, 9.17) is 68.3 Å². The van der Waals surface area contributed by atoms with Gasteiger partial charge in [0.15, 0.2) is 58.5 Å². The molecule has 2 amide bonds. The van der Waals surface area contributed by atoms with Gasteiger partial charge < -0.3 is 62.9 Å². The number of aromatic nitrogens is 10. The van der Waals surface area contributed by atoms with Crippen LogP contribution in [-0.4, -0.2) is 292 Å². The van der Waals surface area contributed by atoms with Crippen molar-refractivity contribution in [3.05, 3.63) is 178 Å². The number of benzene rings is 4. The third-order valence-corrected chi connectivity index (χ3v) is 28.2. The van der Waals surface area contributed by atoms with Gasteiger partial charge in [-0.1, -0.05) is 73.8 Å². The van der Waals surface area contributed by atoms with E-state index in [9.17, 15) is 29.1 Å². The summed E-state index contributed by atoms with van der Waals surface area (Å²) in [6.07, 6.45) is 5.89. The number of ether oxygens (including phenoxy) is 6. The van der Waals surface area contributed by atoms with Crippen LogP contribution >= 0.6 is 45.3 Å². The van der Waals surface area contributed by atoms with Gasteiger partial charge in [-0.3, -0.25) is 43.8 Å². The van der Waals surface area contributed by atoms with E-state index in [1.165, 1.54) is 21.9 Å². The Kier molecular flexibility index (Phi) is 26.2. The third kappa shape index (κ3) is 19.3. The number of nitrogens with zero attached hydrogens (tertiary/aromatic N) is 18. The maximum Gasteiger partial charge on any atom is 0.323 e. The van der Waals surface area contributed by atoms with Crippen molar-refractivity contribution in [1.29, 1.82) is 0 Å². The summed E-state index contributed by atoms with van der Waals surface area (Å²) >= 11 is 6.82. The standard InChI is InChI=1S/C27H29N7O4S.C24H27N5O2S.C22H22N4O4S.C20H19N3O2S/c35-23-5-4-22(38-23)27(36)34-8-6-32(7-9-34)16-17-14-21-24(39-17)26(33-10-12-37-13-11-33)30-25(29-21)18-2-1-3-20-19(18)15-28-31-20;1-2-21(30)28-10-8-27(9-11-28)17-19-16-20-22(32-19)24(29-12-14-31-15-13-29)26-23(25-20)18-6-4-3-5-7-18;27-15-8-13(11-26-12-16-10-18(26)22(28)30-16)7-14(9-15)20-23-17-1-6-31-19(17)21(24-20)25-2-4-29-5-3-25;1-2-16(24)13-14-4-3-5-15(12-14)19-21-17-6-11-26-18(17)20(22-19)23-7-9-25-10-8-23/h1-3,14-15,22H,4-13,16H2,(H,28,31);2-7,16H,1,8-15,17H2;1,6-9,16,18,27H,2-5,10-12H2;2-6,11-12H,1,7-10,13H2/t22-;;16-,18-;/m1.0./s1. The average molecular weight is 1800 g/mol. The Labute approximate surface area is 754 Å². The summed E-state index contributed by atoms with van der Waals surface area (Å²) in [5, 5.41) is 22.7. The Hall–Kier alpha value is -11.7. The number of morpholine rings is 5. The van der Waals surface area contributed by atoms with Crippen LogP contribution in [0.2, 0.25) is 0 Å². The van der Waals surface area contributed by atoms with Crippen LogP contribution < -0.4 is 19.6 Å². The van der Waals surface area contributed by atoms with Crippen LogP contribution in [0.25, 0.3) is 97.3 Å². The summed E-state index contributed by atoms with van der Waals surface area (Å²) in [6.45, 7) is 28.2. The van der Waals surface area contributed by atoms with Crippen molar-refractivity contribution in [2.75, 3.05) is 184 Å². The number of amides is 2. The van der Waals surface area contributed by atoms with E-state index in [0.29, 0.717) is 96.0 Å². The predicted molar refractivity (Wildman–Crippen MR) is 495 cm³/mol. The first-order valence-electron chi connectivity index (χ1n) is 43.5. The topological polar surface area (TPSA) is 322 Å². The largest absolute Gasteiger partial charge is 0.508 e. The number of aromatic amines is 1. The van der Waals surface area contributed by atoms with Crippen LogP contribution in [-0.2, 0) is 78.4 Å². The molecule has 0 saturated carbocycles. The zero-order chi connectivity index (χ0) is 87.1. The highest BCUT2D eigenvalue weighted by Gasteiger charge is 2.46. The van der Waals surface area contributed by atoms with Crippen molar-refractivity contribution in [3.63, 3.8) is 0 Å². The molecule has 3 atom stereocenters. The first-order valence-corrected chi connectivity index (χ1v) is 46.9. The number of esters is 2. The second-order valence-corrected chi connectivity index (χ2v) is 36.7. The number of ketones is 1. The number of piperazine rings is 2. The zero-order valence-electron chi connectivity index (χ0n) is 70.8. The van der Waals surface area contributed by atoms with E-state index >= 15 is 0 Å². The normalized spacial score (nSPS) is 19.4. The Bertz CT molecular complexity index is 6240. The van der Waals surface area contributed by atoms with Crippen LogP contribution in [0.5, 0.6) is 5.75 Å². The molecule has 4 aromatic carbocycles. The van der Waals surface area contributed by atoms with Gasteiger partial charge in [-0.15, -0.1) is 45.3 Å². The van der Waals surface area contributed by atoms with Gasteiger partial charge in [0.1, 0.15) is 17.9 Å². The number of hydrogen-bond donors (Lipinski definition) is 2. The maximum atomic E-state index is 12.7. The second kappa shape index (κ2) is 39.1. The van der Waals surface area contributed by atoms with E-state index in [0.717, 1.165) is 245 Å². The molecule has 9 aliphatic rings. The Morgan fingerprint density at radius 1 is 0.492 bits per heavy atom. The zero-order valence-corrected chi connectivity index (χ0v) is 74.0. The van der Waals surface area contributed by atoms with Crippen LogP contribution in [0, 0.1) is 0 Å². The van der Waals surface area contributed by atoms with Gasteiger partial charge in [0.25, 0.3) is 5.91 Å². The molecule has 0 radical (unpaired) electrons. The third-order valence-electron chi connectivity index (χ3n) is 24.2. The average Bonchev–Trinajstić information content (AvgIpc) is 1.60. The number of fused-ring (bicyclic) bond motifs is 7. The predicted octanol–water partition coefficient (Wildman–Crippen LogP) is 11.3. The quantitative estimate of drug-likeness (QED) is 0.0561. The Morgan fingerprint density at radius 2 is 1.01 bits per heavy atom. The molecule has 18 heterocycles. The molecule has 22 rings (SSSR count). The first kappa shape index (κ1) is 85.7. The van der Waals surface area contributed by atoms with Gasteiger partial charge in [0, 0.05) is 194 Å². The van der Waals surface area contributed by atoms with E-state index in [1.54, 1.807) is 57.5 Å². The Morgan fingerprint density at radius 3 is 1.55 bits per heavy atom. The van der Waals surface area contributed by atoms with E-state index in [2.05, 4.69) is 81.9 Å². The minimum Gasteiger partial charge on any atom is -0.508 e. The maximum absolute atomic E-state index is 12.7. The number of phenols is 1. The molecule has 2 bridgehead atoms. The number of aromatic hydroxyl groups is 1. The number of likely N-dealkylation sites (tertiary alicyclic amines) is 1. The number of nitrogens with one attached hydrogen (secondary N) is 1. The summed E-state index contributed by atoms with van der Waals surface area (Å²) < 4.78 is 37.0. The lowest BCUT2D eigenvalue weighted by Crippen LogP contribution is -2.51. The number of rotatable bonds is 19. The fourth-order valence-electron chi connectivity index (χ4n) is 17.6. The summed E-state index contributed by atoms with van der Waals surface area (Å²) in [7, 11) is 0. The summed E-state index contributed by atoms with van der Waals surface area (Å²) in [5.41, 5.74) is 10.3. The van der Waals surface area contributed by atoms with Crippen molar-refractivity contribution >= 4 is 150 Å². The van der Waals surface area contributed by atoms with Crippen molar-refractivity contribution in [3.8, 4) is 51.3 Å². The van der Waals surface area contributed by atoms with Gasteiger partial charge >= 0.3 is 11.9 Å². The number of anilines is 4. The molecule has 9 saturated heterocycles. The van der Waals surface area contributed by atoms with Crippen LogP contribution in [0.15, 0.2) is 158 Å². The van der Waals surface area contributed by atoms with Crippen molar-refractivity contribution in [2.24, 2.45) is 0 Å². The SMILES string of the molecule is C=CC(=O)Cc1cccc(-c2nc(N3CCOCC3)c3sccc3n2)c1.C=CC(=O)N1CCN(Cc2cc3nc(-c4ccccc4)nc(N4CCOCC4)c3s2)CC1.O=C1CC[C@H](C(=O)N2CCN(Cc3cc4nc(-c5cccc6[nH]ncc56)nc(N5CCOCC5)c4s3)CC2)O1.O=C1O[C@H]2C[C@@H]1N(Cc1cc(O)cc(-c3nc(N4CCOCC4)c4sccc4n3)c1)C2. The lowest BCUT2D eigenvalue weighted by molar-refractivity contribution is -0.153. The molecule has 35 heteroatoms. The molecule has 128 heavy (non-hydrogen) atoms. The van der Waals surface area contributed by atoms with E-state index in [1.807, 2.05) is 106 Å². The fourth-order valence-corrected chi connectivity index (χ4v) is 21.6. The minimum atomic E-state index is -0.606. The lowest BCUT2D eigenvalue weighted by atomic mass is 10.1. The molecule has 0 aliphatic carbocycles. The minimum absolute atomic E-state index is 0.00492. The molecule has 9 aromatic heterocycles. The molecular weight excluding hydrogens is 1700 g/mol. The van der Waals surface area contributed by atoms with Gasteiger partial charge in [0.2, 0.25) is 5.91 Å².